The SMILES string of the molecule is CCCCCC(=O)OCC.[CH2]C=C. The van der Waals surface area contributed by atoms with E-state index in [2.05, 4.69) is 20.4 Å². The van der Waals surface area contributed by atoms with Gasteiger partial charge in [0.25, 0.3) is 0 Å². The summed E-state index contributed by atoms with van der Waals surface area (Å²) in [7, 11) is 0. The van der Waals surface area contributed by atoms with Crippen LogP contribution in [0.3, 0.4) is 0 Å². The molecule has 0 aliphatic carbocycles. The zero-order valence-corrected chi connectivity index (χ0v) is 8.84. The molecule has 0 bridgehead atoms. The molecule has 0 aromatic heterocycles. The summed E-state index contributed by atoms with van der Waals surface area (Å²) in [6, 6.07) is 0. The summed E-state index contributed by atoms with van der Waals surface area (Å²) >= 11 is 0. The lowest BCUT2D eigenvalue weighted by Crippen LogP contribution is -2.02. The van der Waals surface area contributed by atoms with Crippen LogP contribution in [0.15, 0.2) is 12.7 Å². The molecule has 0 N–H and O–H groups in total. The van der Waals surface area contributed by atoms with Crippen LogP contribution in [0.2, 0.25) is 0 Å². The summed E-state index contributed by atoms with van der Waals surface area (Å²) in [6.07, 6.45) is 5.33. The standard InChI is InChI=1S/C8H16O2.C3H5/c1-3-5-6-7-8(9)10-4-2;1-3-2/h3-7H2,1-2H3;3H,1-2H2. The Morgan fingerprint density at radius 2 is 1.92 bits per heavy atom. The van der Waals surface area contributed by atoms with Gasteiger partial charge in [-0.3, -0.25) is 4.79 Å². The van der Waals surface area contributed by atoms with E-state index in [4.69, 9.17) is 4.74 Å². The Balaban J connectivity index is 0. The van der Waals surface area contributed by atoms with Crippen molar-refractivity contribution in [3.63, 3.8) is 0 Å². The molecule has 13 heavy (non-hydrogen) atoms. The molecule has 0 spiro atoms. The Morgan fingerprint density at radius 1 is 1.38 bits per heavy atom. The molecule has 1 radical (unpaired) electrons. The fraction of sp³-hybridized carbons (Fsp3) is 0.636. The van der Waals surface area contributed by atoms with Crippen LogP contribution in [-0.2, 0) is 9.53 Å². The van der Waals surface area contributed by atoms with Gasteiger partial charge in [-0.15, -0.1) is 6.58 Å². The molecule has 0 atom stereocenters. The van der Waals surface area contributed by atoms with Crippen LogP contribution in [0.4, 0.5) is 0 Å². The predicted octanol–water partition coefficient (Wildman–Crippen LogP) is 3.14. The second-order valence-corrected chi connectivity index (χ2v) is 2.55. The molecule has 0 aliphatic heterocycles. The van der Waals surface area contributed by atoms with Crippen LogP contribution in [0.25, 0.3) is 0 Å². The monoisotopic (exact) mass is 185 g/mol. The van der Waals surface area contributed by atoms with Crippen molar-refractivity contribution in [2.24, 2.45) is 0 Å². The maximum absolute atomic E-state index is 10.7. The van der Waals surface area contributed by atoms with Crippen molar-refractivity contribution in [2.75, 3.05) is 6.61 Å². The average Bonchev–Trinajstić information content (AvgIpc) is 2.07. The first-order valence-corrected chi connectivity index (χ1v) is 4.78. The second-order valence-electron chi connectivity index (χ2n) is 2.55. The highest BCUT2D eigenvalue weighted by Gasteiger charge is 1.98. The number of hydrogen-bond acceptors (Lipinski definition) is 2. The minimum Gasteiger partial charge on any atom is -0.466 e. The van der Waals surface area contributed by atoms with Crippen LogP contribution in [-0.4, -0.2) is 12.6 Å². The molecule has 0 saturated heterocycles. The molecular weight excluding hydrogens is 164 g/mol. The molecule has 2 heteroatoms. The summed E-state index contributed by atoms with van der Waals surface area (Å²) in [5.74, 6) is -0.0593. The van der Waals surface area contributed by atoms with Gasteiger partial charge in [0.1, 0.15) is 0 Å². The number of ether oxygens (including phenoxy) is 1. The first kappa shape index (κ1) is 14.7. The molecule has 0 saturated carbocycles. The number of hydrogen-bond donors (Lipinski definition) is 0. The van der Waals surface area contributed by atoms with Crippen molar-refractivity contribution in [2.45, 2.75) is 39.5 Å². The van der Waals surface area contributed by atoms with Crippen LogP contribution in [0.5, 0.6) is 0 Å². The van der Waals surface area contributed by atoms with Gasteiger partial charge < -0.3 is 4.74 Å². The minimum absolute atomic E-state index is 0.0593. The quantitative estimate of drug-likeness (QED) is 0.486. The van der Waals surface area contributed by atoms with E-state index >= 15 is 0 Å². The summed E-state index contributed by atoms with van der Waals surface area (Å²) in [6.45, 7) is 11.0. The van der Waals surface area contributed by atoms with E-state index in [1.807, 2.05) is 6.92 Å². The van der Waals surface area contributed by atoms with Gasteiger partial charge >= 0.3 is 5.97 Å². The number of allylic oxidation sites excluding steroid dienone is 1. The van der Waals surface area contributed by atoms with E-state index in [9.17, 15) is 4.79 Å². The molecule has 0 heterocycles. The van der Waals surface area contributed by atoms with Gasteiger partial charge in [-0.1, -0.05) is 25.8 Å². The third-order valence-corrected chi connectivity index (χ3v) is 1.29. The number of unbranched alkanes of at least 4 members (excludes halogenated alkanes) is 2. The van der Waals surface area contributed by atoms with Crippen LogP contribution >= 0.6 is 0 Å². The van der Waals surface area contributed by atoms with Gasteiger partial charge in [0.15, 0.2) is 0 Å². The third-order valence-electron chi connectivity index (χ3n) is 1.29. The van der Waals surface area contributed by atoms with E-state index in [0.29, 0.717) is 13.0 Å². The Morgan fingerprint density at radius 3 is 2.31 bits per heavy atom. The largest absolute Gasteiger partial charge is 0.466 e. The molecule has 0 amide bonds. The number of esters is 1. The van der Waals surface area contributed by atoms with Crippen molar-refractivity contribution in [1.82, 2.24) is 0 Å². The van der Waals surface area contributed by atoms with Gasteiger partial charge in [-0.2, -0.15) is 0 Å². The Bertz CT molecular complexity index is 119. The van der Waals surface area contributed by atoms with Gasteiger partial charge in [0.2, 0.25) is 0 Å². The average molecular weight is 185 g/mol. The van der Waals surface area contributed by atoms with Gasteiger partial charge in [0, 0.05) is 6.42 Å². The molecule has 2 nitrogen and oxygen atoms in total. The van der Waals surface area contributed by atoms with E-state index in [0.717, 1.165) is 19.3 Å². The van der Waals surface area contributed by atoms with E-state index in [-0.39, 0.29) is 5.97 Å². The number of carbonyl (C=O) groups is 1. The Kier molecular flexibility index (Phi) is 15.6. The smallest absolute Gasteiger partial charge is 0.305 e. The zero-order chi connectivity index (χ0) is 10.5. The topological polar surface area (TPSA) is 26.3 Å². The van der Waals surface area contributed by atoms with Crippen molar-refractivity contribution in [3.05, 3.63) is 19.6 Å². The van der Waals surface area contributed by atoms with Crippen LogP contribution in [0.1, 0.15) is 39.5 Å². The second kappa shape index (κ2) is 13.8. The lowest BCUT2D eigenvalue weighted by atomic mass is 10.2. The highest BCUT2D eigenvalue weighted by Crippen LogP contribution is 1.99. The fourth-order valence-electron chi connectivity index (χ4n) is 0.752. The third kappa shape index (κ3) is 18.3. The minimum atomic E-state index is -0.0593. The van der Waals surface area contributed by atoms with Crippen molar-refractivity contribution >= 4 is 5.97 Å². The fourth-order valence-corrected chi connectivity index (χ4v) is 0.752. The first-order valence-electron chi connectivity index (χ1n) is 4.78. The molecule has 0 fully saturated rings. The van der Waals surface area contributed by atoms with E-state index < -0.39 is 0 Å². The summed E-state index contributed by atoms with van der Waals surface area (Å²) in [5.41, 5.74) is 0. The van der Waals surface area contributed by atoms with E-state index in [1.54, 1.807) is 0 Å². The normalized spacial score (nSPS) is 8.23. The highest BCUT2D eigenvalue weighted by atomic mass is 16.5. The Labute approximate surface area is 82.0 Å². The molecule has 0 aliphatic rings. The maximum atomic E-state index is 10.7. The predicted molar refractivity (Wildman–Crippen MR) is 56.3 cm³/mol. The van der Waals surface area contributed by atoms with Gasteiger partial charge in [0.05, 0.1) is 6.61 Å². The van der Waals surface area contributed by atoms with Crippen LogP contribution in [0, 0.1) is 6.92 Å². The van der Waals surface area contributed by atoms with E-state index in [1.165, 1.54) is 6.08 Å². The lowest BCUT2D eigenvalue weighted by Gasteiger charge is -1.99. The number of rotatable bonds is 5. The molecule has 0 aromatic carbocycles. The van der Waals surface area contributed by atoms with Gasteiger partial charge in [-0.25, -0.2) is 0 Å². The summed E-state index contributed by atoms with van der Waals surface area (Å²) < 4.78 is 4.75. The molecule has 77 valence electrons. The summed E-state index contributed by atoms with van der Waals surface area (Å²) in [5, 5.41) is 0. The molecule has 0 unspecified atom stereocenters. The Hall–Kier alpha value is -0.790. The van der Waals surface area contributed by atoms with Crippen molar-refractivity contribution in [1.29, 1.82) is 0 Å². The number of carbonyl (C=O) groups excluding carboxylic acids is 1. The van der Waals surface area contributed by atoms with Crippen LogP contribution < -0.4 is 0 Å². The van der Waals surface area contributed by atoms with Gasteiger partial charge in [-0.05, 0) is 20.3 Å². The first-order chi connectivity index (χ1) is 6.22. The maximum Gasteiger partial charge on any atom is 0.305 e. The van der Waals surface area contributed by atoms with Crippen molar-refractivity contribution in [3.8, 4) is 0 Å². The molecule has 0 rings (SSSR count). The zero-order valence-electron chi connectivity index (χ0n) is 8.84. The lowest BCUT2D eigenvalue weighted by molar-refractivity contribution is -0.143. The molecule has 0 aromatic rings. The summed E-state index contributed by atoms with van der Waals surface area (Å²) in [4.78, 5) is 10.7. The highest BCUT2D eigenvalue weighted by molar-refractivity contribution is 5.69. The molecular formula is C11H21O2. The van der Waals surface area contributed by atoms with Crippen molar-refractivity contribution < 1.29 is 9.53 Å².